The lowest BCUT2D eigenvalue weighted by atomic mass is 9.77. The van der Waals surface area contributed by atoms with E-state index in [1.165, 1.54) is 0 Å². The molecule has 0 bridgehead atoms. The first-order valence-electron chi connectivity index (χ1n) is 9.85. The van der Waals surface area contributed by atoms with Gasteiger partial charge in [0, 0.05) is 25.2 Å². The van der Waals surface area contributed by atoms with Gasteiger partial charge in [0.25, 0.3) is 0 Å². The van der Waals surface area contributed by atoms with E-state index < -0.39 is 22.2 Å². The van der Waals surface area contributed by atoms with E-state index in [1.807, 2.05) is 12.4 Å². The number of nitrogens with zero attached hydrogens (tertiary/aromatic N) is 2. The van der Waals surface area contributed by atoms with Gasteiger partial charge in [0.05, 0.1) is 10.6 Å². The Hall–Kier alpha value is -0.0862. The van der Waals surface area contributed by atoms with Crippen LogP contribution in [0.5, 0.6) is 0 Å². The summed E-state index contributed by atoms with van der Waals surface area (Å²) in [5.74, 6) is 0.797. The summed E-state index contributed by atoms with van der Waals surface area (Å²) < 4.78 is 14.5. The molecule has 7 heteroatoms. The van der Waals surface area contributed by atoms with Crippen molar-refractivity contribution in [1.29, 1.82) is 0 Å². The minimum Gasteiger partial charge on any atom is -0.414 e. The summed E-state index contributed by atoms with van der Waals surface area (Å²) >= 11 is 3.44. The summed E-state index contributed by atoms with van der Waals surface area (Å²) in [5.41, 5.74) is -0.420. The van der Waals surface area contributed by atoms with E-state index in [4.69, 9.17) is 8.85 Å². The van der Waals surface area contributed by atoms with Gasteiger partial charge in [-0.3, -0.25) is 0 Å². The quantitative estimate of drug-likeness (QED) is 0.450. The molecule has 0 N–H and O–H groups in total. The van der Waals surface area contributed by atoms with Crippen LogP contribution >= 0.6 is 15.9 Å². The van der Waals surface area contributed by atoms with Crippen molar-refractivity contribution in [3.05, 3.63) is 22.7 Å². The molecular formula is C20H37BrN2O2Si2. The Kier molecular flexibility index (Phi) is 6.28. The molecule has 1 aliphatic carbocycles. The second-order valence-electron chi connectivity index (χ2n) is 11.0. The molecule has 0 aromatic carbocycles. The molecule has 1 saturated carbocycles. The zero-order chi connectivity index (χ0) is 20.9. The van der Waals surface area contributed by atoms with E-state index in [0.717, 1.165) is 23.1 Å². The predicted octanol–water partition coefficient (Wildman–Crippen LogP) is 6.64. The molecule has 0 radical (unpaired) electrons. The summed E-state index contributed by atoms with van der Waals surface area (Å²) in [5, 5.41) is 0.348. The van der Waals surface area contributed by atoms with Crippen LogP contribution in [0.15, 0.2) is 16.9 Å². The van der Waals surface area contributed by atoms with Gasteiger partial charge < -0.3 is 8.85 Å². The number of hydrogen-bond donors (Lipinski definition) is 0. The summed E-state index contributed by atoms with van der Waals surface area (Å²) in [6.07, 6.45) is 5.55. The van der Waals surface area contributed by atoms with E-state index in [9.17, 15) is 0 Å². The zero-order valence-corrected chi connectivity index (χ0v) is 22.3. The second kappa shape index (κ2) is 7.31. The Labute approximate surface area is 176 Å². The van der Waals surface area contributed by atoms with Gasteiger partial charge in [0.1, 0.15) is 5.60 Å². The van der Waals surface area contributed by atoms with Crippen molar-refractivity contribution in [1.82, 2.24) is 9.97 Å². The third-order valence-electron chi connectivity index (χ3n) is 6.67. The average molecular weight is 474 g/mol. The van der Waals surface area contributed by atoms with Gasteiger partial charge in [-0.15, -0.1) is 0 Å². The van der Waals surface area contributed by atoms with Gasteiger partial charge in [-0.1, -0.05) is 41.5 Å². The fourth-order valence-corrected chi connectivity index (χ4v) is 5.95. The fourth-order valence-electron chi connectivity index (χ4n) is 2.85. The molecule has 4 nitrogen and oxygen atoms in total. The van der Waals surface area contributed by atoms with Crippen LogP contribution in [0.3, 0.4) is 0 Å². The van der Waals surface area contributed by atoms with Gasteiger partial charge >= 0.3 is 0 Å². The highest BCUT2D eigenvalue weighted by molar-refractivity contribution is 9.10. The molecule has 0 amide bonds. The lowest BCUT2D eigenvalue weighted by Gasteiger charge is -2.54. The predicted molar refractivity (Wildman–Crippen MR) is 121 cm³/mol. The fraction of sp³-hybridized carbons (Fsp3) is 0.800. The molecule has 154 valence electrons. The van der Waals surface area contributed by atoms with Gasteiger partial charge in [0.2, 0.25) is 0 Å². The van der Waals surface area contributed by atoms with Crippen molar-refractivity contribution in [3.8, 4) is 0 Å². The minimum absolute atomic E-state index is 0.140. The molecule has 1 fully saturated rings. The van der Waals surface area contributed by atoms with Crippen molar-refractivity contribution in [2.75, 3.05) is 0 Å². The van der Waals surface area contributed by atoms with Crippen molar-refractivity contribution in [2.45, 2.75) is 102 Å². The topological polar surface area (TPSA) is 44.2 Å². The first-order chi connectivity index (χ1) is 12.0. The highest BCUT2D eigenvalue weighted by Gasteiger charge is 2.56. The van der Waals surface area contributed by atoms with Crippen LogP contribution < -0.4 is 0 Å². The maximum atomic E-state index is 6.92. The van der Waals surface area contributed by atoms with Crippen molar-refractivity contribution in [3.63, 3.8) is 0 Å². The number of aromatic nitrogens is 2. The molecular weight excluding hydrogens is 436 g/mol. The van der Waals surface area contributed by atoms with Crippen molar-refractivity contribution >= 4 is 32.6 Å². The van der Waals surface area contributed by atoms with Gasteiger partial charge in [-0.05, 0) is 52.2 Å². The lowest BCUT2D eigenvalue weighted by Crippen LogP contribution is -2.59. The SMILES string of the molecule is CC(C)(C)[Si](C)(C)OC1CC(O[Si](C)(C)C(C)(C)C)(c2ncc(Br)cn2)C1. The first kappa shape index (κ1) is 23.2. The highest BCUT2D eigenvalue weighted by atomic mass is 79.9. The van der Waals surface area contributed by atoms with Gasteiger partial charge in [-0.2, -0.15) is 0 Å². The van der Waals surface area contributed by atoms with E-state index in [0.29, 0.717) is 0 Å². The van der Waals surface area contributed by atoms with E-state index in [2.05, 4.69) is 93.6 Å². The molecule has 1 heterocycles. The third kappa shape index (κ3) is 4.91. The molecule has 27 heavy (non-hydrogen) atoms. The third-order valence-corrected chi connectivity index (χ3v) is 16.1. The van der Waals surface area contributed by atoms with E-state index in [1.54, 1.807) is 0 Å². The van der Waals surface area contributed by atoms with Crippen LogP contribution in [0, 0.1) is 0 Å². The Morgan fingerprint density at radius 3 is 1.78 bits per heavy atom. The summed E-state index contributed by atoms with van der Waals surface area (Å²) in [4.78, 5) is 9.23. The van der Waals surface area contributed by atoms with Crippen LogP contribution in [-0.2, 0) is 14.5 Å². The summed E-state index contributed by atoms with van der Waals surface area (Å²) in [6.45, 7) is 22.9. The monoisotopic (exact) mass is 472 g/mol. The minimum atomic E-state index is -1.97. The molecule has 1 aromatic rings. The largest absolute Gasteiger partial charge is 0.414 e. The number of rotatable bonds is 5. The summed E-state index contributed by atoms with van der Waals surface area (Å²) in [7, 11) is -3.77. The Balaban J connectivity index is 2.26. The average Bonchev–Trinajstić information content (AvgIpc) is 2.42. The molecule has 2 rings (SSSR count). The van der Waals surface area contributed by atoms with Crippen molar-refractivity contribution < 1.29 is 8.85 Å². The van der Waals surface area contributed by atoms with Crippen LogP contribution in [-0.4, -0.2) is 32.7 Å². The van der Waals surface area contributed by atoms with E-state index >= 15 is 0 Å². The molecule has 0 atom stereocenters. The normalized spacial score (nSPS) is 24.6. The van der Waals surface area contributed by atoms with Crippen LogP contribution in [0.2, 0.25) is 36.3 Å². The molecule has 1 aliphatic rings. The summed E-state index contributed by atoms with van der Waals surface area (Å²) in [6, 6.07) is 0. The Morgan fingerprint density at radius 1 is 0.926 bits per heavy atom. The lowest BCUT2D eigenvalue weighted by molar-refractivity contribution is -0.108. The molecule has 0 spiro atoms. The highest BCUT2D eigenvalue weighted by Crippen LogP contribution is 2.52. The van der Waals surface area contributed by atoms with E-state index in [-0.39, 0.29) is 16.2 Å². The number of hydrogen-bond acceptors (Lipinski definition) is 4. The first-order valence-corrected chi connectivity index (χ1v) is 16.5. The maximum Gasteiger partial charge on any atom is 0.193 e. The molecule has 1 aromatic heterocycles. The smallest absolute Gasteiger partial charge is 0.193 e. The Bertz CT molecular complexity index is 658. The maximum absolute atomic E-state index is 6.92. The van der Waals surface area contributed by atoms with Crippen LogP contribution in [0.1, 0.15) is 60.2 Å². The van der Waals surface area contributed by atoms with Crippen molar-refractivity contribution in [2.24, 2.45) is 0 Å². The Morgan fingerprint density at radius 2 is 1.37 bits per heavy atom. The standard InChI is InChI=1S/C20H37BrN2O2Si2/c1-18(2,3)26(7,8)24-16-11-20(12-16,17-22-13-15(21)14-23-17)25-27(9,10)19(4,5)6/h13-14,16H,11-12H2,1-10H3. The van der Waals surface area contributed by atoms with Gasteiger partial charge in [0.15, 0.2) is 22.5 Å². The number of halogens is 1. The second-order valence-corrected chi connectivity index (χ2v) is 21.4. The molecule has 0 saturated heterocycles. The zero-order valence-electron chi connectivity index (χ0n) is 18.7. The van der Waals surface area contributed by atoms with Crippen LogP contribution in [0.4, 0.5) is 0 Å². The van der Waals surface area contributed by atoms with Crippen LogP contribution in [0.25, 0.3) is 0 Å². The molecule has 0 unspecified atom stereocenters. The van der Waals surface area contributed by atoms with Gasteiger partial charge in [-0.25, -0.2) is 9.97 Å². The molecule has 0 aliphatic heterocycles.